The van der Waals surface area contributed by atoms with E-state index in [1.165, 1.54) is 5.56 Å². The predicted octanol–water partition coefficient (Wildman–Crippen LogP) is 2.81. The highest BCUT2D eigenvalue weighted by Crippen LogP contribution is 2.28. The summed E-state index contributed by atoms with van der Waals surface area (Å²) in [4.78, 5) is 0. The third kappa shape index (κ3) is 3.40. The molecule has 0 unspecified atom stereocenters. The van der Waals surface area contributed by atoms with Crippen LogP contribution in [-0.2, 0) is 6.42 Å². The van der Waals surface area contributed by atoms with Gasteiger partial charge in [-0.25, -0.2) is 0 Å². The Bertz CT molecular complexity index is 326. The number of ether oxygens (including phenoxy) is 1. The maximum Gasteiger partial charge on any atom is 0.125 e. The fourth-order valence-corrected chi connectivity index (χ4v) is 1.89. The van der Waals surface area contributed by atoms with Crippen molar-refractivity contribution in [1.82, 2.24) is 5.32 Å². The van der Waals surface area contributed by atoms with Crippen molar-refractivity contribution in [2.75, 3.05) is 20.2 Å². The Hall–Kier alpha value is -0.730. The minimum Gasteiger partial charge on any atom is -0.493 e. The topological polar surface area (TPSA) is 21.3 Å². The predicted molar refractivity (Wildman–Crippen MR) is 65.0 cm³/mol. The van der Waals surface area contributed by atoms with Gasteiger partial charge in [0.05, 0.1) is 6.61 Å². The third-order valence-corrected chi connectivity index (χ3v) is 2.47. The molecule has 0 spiro atoms. The molecule has 0 aromatic heterocycles. The van der Waals surface area contributed by atoms with Crippen LogP contribution in [0, 0.1) is 6.92 Å². The largest absolute Gasteiger partial charge is 0.493 e. The zero-order chi connectivity index (χ0) is 11.3. The van der Waals surface area contributed by atoms with Crippen LogP contribution >= 0.6 is 11.6 Å². The van der Waals surface area contributed by atoms with E-state index >= 15 is 0 Å². The average molecular weight is 228 g/mol. The number of hydrogen-bond donors (Lipinski definition) is 1. The molecule has 0 bridgehead atoms. The van der Waals surface area contributed by atoms with E-state index in [9.17, 15) is 0 Å². The van der Waals surface area contributed by atoms with Crippen LogP contribution in [0.3, 0.4) is 0 Å². The van der Waals surface area contributed by atoms with E-state index in [4.69, 9.17) is 16.3 Å². The summed E-state index contributed by atoms with van der Waals surface area (Å²) >= 11 is 6.03. The number of likely N-dealkylation sites (N-methyl/N-ethyl adjacent to an activating group) is 1. The lowest BCUT2D eigenvalue weighted by Gasteiger charge is -2.13. The fraction of sp³-hybridized carbons (Fsp3) is 0.500. The van der Waals surface area contributed by atoms with Crippen molar-refractivity contribution in [3.05, 3.63) is 28.3 Å². The Labute approximate surface area is 96.6 Å². The van der Waals surface area contributed by atoms with E-state index in [1.54, 1.807) is 0 Å². The summed E-state index contributed by atoms with van der Waals surface area (Å²) in [7, 11) is 1.94. The smallest absolute Gasteiger partial charge is 0.125 e. The second-order valence-electron chi connectivity index (χ2n) is 3.50. The standard InChI is InChI=1S/C12H18ClNO/c1-4-15-12-9(2)7-11(13)8-10(12)5-6-14-3/h7-8,14H,4-6H2,1-3H3. The number of halogens is 1. The SMILES string of the molecule is CCOc1c(C)cc(Cl)cc1CCNC. The first kappa shape index (κ1) is 12.3. The van der Waals surface area contributed by atoms with Gasteiger partial charge in [-0.1, -0.05) is 11.6 Å². The van der Waals surface area contributed by atoms with Crippen molar-refractivity contribution >= 4 is 11.6 Å². The van der Waals surface area contributed by atoms with Crippen LogP contribution in [0.25, 0.3) is 0 Å². The van der Waals surface area contributed by atoms with E-state index in [1.807, 2.05) is 33.0 Å². The lowest BCUT2D eigenvalue weighted by atomic mass is 10.1. The molecule has 0 aliphatic carbocycles. The minimum atomic E-state index is 0.690. The highest BCUT2D eigenvalue weighted by molar-refractivity contribution is 6.30. The molecule has 1 aromatic rings. The quantitative estimate of drug-likeness (QED) is 0.835. The summed E-state index contributed by atoms with van der Waals surface area (Å²) in [6, 6.07) is 3.92. The monoisotopic (exact) mass is 227 g/mol. The minimum absolute atomic E-state index is 0.690. The van der Waals surface area contributed by atoms with Gasteiger partial charge in [0.15, 0.2) is 0 Å². The van der Waals surface area contributed by atoms with Crippen molar-refractivity contribution in [1.29, 1.82) is 0 Å². The zero-order valence-electron chi connectivity index (χ0n) is 9.56. The van der Waals surface area contributed by atoms with Gasteiger partial charge in [-0.2, -0.15) is 0 Å². The van der Waals surface area contributed by atoms with Crippen molar-refractivity contribution in [2.24, 2.45) is 0 Å². The summed E-state index contributed by atoms with van der Waals surface area (Å²) in [5.41, 5.74) is 2.28. The Morgan fingerprint density at radius 2 is 2.13 bits per heavy atom. The van der Waals surface area contributed by atoms with Gasteiger partial charge in [0.25, 0.3) is 0 Å². The normalized spacial score (nSPS) is 10.4. The van der Waals surface area contributed by atoms with Gasteiger partial charge in [-0.3, -0.25) is 0 Å². The third-order valence-electron chi connectivity index (χ3n) is 2.25. The number of hydrogen-bond acceptors (Lipinski definition) is 2. The molecule has 0 heterocycles. The van der Waals surface area contributed by atoms with E-state index < -0.39 is 0 Å². The van der Waals surface area contributed by atoms with E-state index in [0.717, 1.165) is 29.3 Å². The fourth-order valence-electron chi connectivity index (χ4n) is 1.60. The van der Waals surface area contributed by atoms with Gasteiger partial charge in [0, 0.05) is 5.02 Å². The lowest BCUT2D eigenvalue weighted by Crippen LogP contribution is -2.11. The molecule has 1 N–H and O–H groups in total. The van der Waals surface area contributed by atoms with Crippen LogP contribution in [0.5, 0.6) is 5.75 Å². The Kier molecular flexibility index (Phi) is 4.92. The van der Waals surface area contributed by atoms with Crippen molar-refractivity contribution in [3.63, 3.8) is 0 Å². The first-order valence-electron chi connectivity index (χ1n) is 5.25. The molecule has 1 rings (SSSR count). The van der Waals surface area contributed by atoms with Gasteiger partial charge in [-0.05, 0) is 57.1 Å². The van der Waals surface area contributed by atoms with Crippen LogP contribution in [0.2, 0.25) is 5.02 Å². The summed E-state index contributed by atoms with van der Waals surface area (Å²) in [5, 5.41) is 3.91. The first-order chi connectivity index (χ1) is 7.19. The van der Waals surface area contributed by atoms with Gasteiger partial charge >= 0.3 is 0 Å². The molecule has 0 atom stereocenters. The van der Waals surface area contributed by atoms with E-state index in [0.29, 0.717) is 6.61 Å². The second kappa shape index (κ2) is 5.99. The number of rotatable bonds is 5. The van der Waals surface area contributed by atoms with Crippen molar-refractivity contribution < 1.29 is 4.74 Å². The summed E-state index contributed by atoms with van der Waals surface area (Å²) < 4.78 is 5.63. The molecule has 2 nitrogen and oxygen atoms in total. The zero-order valence-corrected chi connectivity index (χ0v) is 10.3. The summed E-state index contributed by atoms with van der Waals surface area (Å²) in [6.07, 6.45) is 0.938. The highest BCUT2D eigenvalue weighted by atomic mass is 35.5. The molecule has 0 aliphatic heterocycles. The number of nitrogens with one attached hydrogen (secondary N) is 1. The molecule has 0 amide bonds. The number of aryl methyl sites for hydroxylation is 1. The molecule has 1 aromatic carbocycles. The molecule has 0 saturated heterocycles. The summed E-state index contributed by atoms with van der Waals surface area (Å²) in [5.74, 6) is 0.983. The Balaban J connectivity index is 2.97. The Morgan fingerprint density at radius 3 is 2.73 bits per heavy atom. The number of benzene rings is 1. The van der Waals surface area contributed by atoms with Crippen LogP contribution in [0.4, 0.5) is 0 Å². The second-order valence-corrected chi connectivity index (χ2v) is 3.93. The molecule has 0 radical (unpaired) electrons. The lowest BCUT2D eigenvalue weighted by molar-refractivity contribution is 0.334. The van der Waals surface area contributed by atoms with Crippen molar-refractivity contribution in [2.45, 2.75) is 20.3 Å². The molecule has 84 valence electrons. The van der Waals surface area contributed by atoms with Crippen LogP contribution in [-0.4, -0.2) is 20.2 Å². The van der Waals surface area contributed by atoms with Crippen molar-refractivity contribution in [3.8, 4) is 5.75 Å². The van der Waals surface area contributed by atoms with Crippen LogP contribution < -0.4 is 10.1 Å². The first-order valence-corrected chi connectivity index (χ1v) is 5.63. The summed E-state index contributed by atoms with van der Waals surface area (Å²) in [6.45, 7) is 5.64. The molecule has 15 heavy (non-hydrogen) atoms. The van der Waals surface area contributed by atoms with Gasteiger partial charge < -0.3 is 10.1 Å². The van der Waals surface area contributed by atoms with Gasteiger partial charge in [0.1, 0.15) is 5.75 Å². The molecular weight excluding hydrogens is 210 g/mol. The Morgan fingerprint density at radius 1 is 1.40 bits per heavy atom. The maximum atomic E-state index is 6.03. The van der Waals surface area contributed by atoms with Gasteiger partial charge in [-0.15, -0.1) is 0 Å². The average Bonchev–Trinajstić information content (AvgIpc) is 2.19. The highest BCUT2D eigenvalue weighted by Gasteiger charge is 2.08. The van der Waals surface area contributed by atoms with Crippen LogP contribution in [0.1, 0.15) is 18.1 Å². The molecule has 3 heteroatoms. The maximum absolute atomic E-state index is 6.03. The molecule has 0 aliphatic rings. The van der Waals surface area contributed by atoms with E-state index in [2.05, 4.69) is 5.32 Å². The molecular formula is C12H18ClNO. The van der Waals surface area contributed by atoms with E-state index in [-0.39, 0.29) is 0 Å². The van der Waals surface area contributed by atoms with Crippen LogP contribution in [0.15, 0.2) is 12.1 Å². The van der Waals surface area contributed by atoms with Gasteiger partial charge in [0.2, 0.25) is 0 Å². The molecule has 0 saturated carbocycles. The molecule has 0 fully saturated rings.